The Morgan fingerprint density at radius 1 is 1.55 bits per heavy atom. The van der Waals surface area contributed by atoms with Crippen molar-refractivity contribution in [1.29, 1.82) is 0 Å². The quantitative estimate of drug-likeness (QED) is 0.887. The summed E-state index contributed by atoms with van der Waals surface area (Å²) in [5.74, 6) is -0.144. The number of fused-ring (bicyclic) bond motifs is 1. The highest BCUT2D eigenvalue weighted by atomic mass is 16.5. The van der Waals surface area contributed by atoms with Gasteiger partial charge in [0.2, 0.25) is 0 Å². The van der Waals surface area contributed by atoms with Crippen LogP contribution in [-0.4, -0.2) is 38.5 Å². The normalized spacial score (nSPS) is 20.7. The van der Waals surface area contributed by atoms with E-state index in [9.17, 15) is 4.79 Å². The van der Waals surface area contributed by atoms with Crippen molar-refractivity contribution >= 4 is 5.91 Å². The van der Waals surface area contributed by atoms with Gasteiger partial charge in [0, 0.05) is 38.2 Å². The average Bonchev–Trinajstić information content (AvgIpc) is 3.05. The molecule has 7 heteroatoms. The van der Waals surface area contributed by atoms with Crippen LogP contribution in [0.2, 0.25) is 0 Å². The Balaban J connectivity index is 1.63. The molecular formula is C15H21N5O2. The van der Waals surface area contributed by atoms with E-state index in [2.05, 4.69) is 20.6 Å². The molecule has 7 nitrogen and oxygen atoms in total. The Morgan fingerprint density at radius 3 is 3.09 bits per heavy atom. The van der Waals surface area contributed by atoms with E-state index in [4.69, 9.17) is 4.74 Å². The van der Waals surface area contributed by atoms with E-state index in [0.29, 0.717) is 25.1 Å². The Kier molecular flexibility index (Phi) is 3.98. The number of aromatic amines is 1. The number of hydrogen-bond acceptors (Lipinski definition) is 4. The molecule has 2 aromatic heterocycles. The van der Waals surface area contributed by atoms with E-state index in [1.807, 2.05) is 33.2 Å². The molecule has 1 amide bonds. The molecule has 0 saturated heterocycles. The first-order valence-electron chi connectivity index (χ1n) is 7.54. The minimum atomic E-state index is -0.144. The Hall–Kier alpha value is -2.15. The van der Waals surface area contributed by atoms with Crippen LogP contribution in [0.4, 0.5) is 0 Å². The Bertz CT molecular complexity index is 675. The van der Waals surface area contributed by atoms with Gasteiger partial charge in [0.1, 0.15) is 0 Å². The number of hydrogen-bond donors (Lipinski definition) is 2. The van der Waals surface area contributed by atoms with Gasteiger partial charge in [0.15, 0.2) is 5.69 Å². The van der Waals surface area contributed by atoms with Gasteiger partial charge in [-0.05, 0) is 19.9 Å². The average molecular weight is 303 g/mol. The highest BCUT2D eigenvalue weighted by Gasteiger charge is 2.29. The van der Waals surface area contributed by atoms with Crippen LogP contribution in [0.3, 0.4) is 0 Å². The summed E-state index contributed by atoms with van der Waals surface area (Å²) in [5, 5.41) is 14.3. The minimum Gasteiger partial charge on any atom is -0.369 e. The minimum absolute atomic E-state index is 0.0543. The molecule has 0 aromatic carbocycles. The van der Waals surface area contributed by atoms with Crippen molar-refractivity contribution in [3.63, 3.8) is 0 Å². The van der Waals surface area contributed by atoms with Gasteiger partial charge < -0.3 is 10.1 Å². The van der Waals surface area contributed by atoms with Gasteiger partial charge in [-0.1, -0.05) is 0 Å². The number of H-pyrrole nitrogens is 1. The van der Waals surface area contributed by atoms with Crippen LogP contribution in [0.1, 0.15) is 47.4 Å². The fourth-order valence-electron chi connectivity index (χ4n) is 2.85. The van der Waals surface area contributed by atoms with E-state index in [1.54, 1.807) is 4.68 Å². The van der Waals surface area contributed by atoms with Crippen molar-refractivity contribution in [2.75, 3.05) is 6.54 Å². The van der Waals surface area contributed by atoms with Crippen molar-refractivity contribution in [2.45, 2.75) is 38.9 Å². The number of nitrogens with one attached hydrogen (secondary N) is 2. The van der Waals surface area contributed by atoms with Crippen molar-refractivity contribution in [3.05, 3.63) is 34.9 Å². The molecule has 0 bridgehead atoms. The molecule has 3 heterocycles. The van der Waals surface area contributed by atoms with Gasteiger partial charge in [0.05, 0.1) is 23.6 Å². The Morgan fingerprint density at radius 2 is 2.36 bits per heavy atom. The fourth-order valence-corrected chi connectivity index (χ4v) is 2.85. The van der Waals surface area contributed by atoms with E-state index < -0.39 is 0 Å². The van der Waals surface area contributed by atoms with Crippen LogP contribution in [0, 0.1) is 0 Å². The van der Waals surface area contributed by atoms with E-state index in [1.165, 1.54) is 0 Å². The SMILES string of the molecule is C[C@@H]1Cc2c(C(=O)NCCc3ccn(C)n3)n[nH]c2[C@H](C)O1. The number of carbonyl (C=O) groups is 1. The number of carbonyl (C=O) groups excluding carboxylic acids is 1. The number of amides is 1. The third-order valence-corrected chi connectivity index (χ3v) is 3.88. The number of rotatable bonds is 4. The van der Waals surface area contributed by atoms with Crippen molar-refractivity contribution < 1.29 is 9.53 Å². The first-order chi connectivity index (χ1) is 10.5. The molecule has 1 aliphatic heterocycles. The molecule has 0 fully saturated rings. The van der Waals surface area contributed by atoms with Gasteiger partial charge in [-0.3, -0.25) is 14.6 Å². The second-order valence-electron chi connectivity index (χ2n) is 5.74. The van der Waals surface area contributed by atoms with Gasteiger partial charge in [-0.25, -0.2) is 0 Å². The molecule has 2 atom stereocenters. The summed E-state index contributed by atoms with van der Waals surface area (Å²) < 4.78 is 7.49. The third-order valence-electron chi connectivity index (χ3n) is 3.88. The third kappa shape index (κ3) is 2.89. The highest BCUT2D eigenvalue weighted by Crippen LogP contribution is 2.29. The molecule has 0 radical (unpaired) electrons. The molecule has 0 spiro atoms. The maximum absolute atomic E-state index is 12.3. The van der Waals surface area contributed by atoms with E-state index in [0.717, 1.165) is 17.0 Å². The lowest BCUT2D eigenvalue weighted by Gasteiger charge is -2.25. The van der Waals surface area contributed by atoms with Crippen molar-refractivity contribution in [2.24, 2.45) is 7.05 Å². The first kappa shape index (κ1) is 14.8. The molecule has 0 saturated carbocycles. The molecule has 0 aliphatic carbocycles. The fraction of sp³-hybridized carbons (Fsp3) is 0.533. The summed E-state index contributed by atoms with van der Waals surface area (Å²) in [6.07, 6.45) is 3.35. The molecule has 0 unspecified atom stereocenters. The molecule has 2 aromatic rings. The van der Waals surface area contributed by atoms with E-state index in [-0.39, 0.29) is 18.1 Å². The van der Waals surface area contributed by atoms with Crippen LogP contribution in [0.15, 0.2) is 12.3 Å². The zero-order valence-corrected chi connectivity index (χ0v) is 13.1. The highest BCUT2D eigenvalue weighted by molar-refractivity contribution is 5.94. The summed E-state index contributed by atoms with van der Waals surface area (Å²) in [4.78, 5) is 12.3. The summed E-state index contributed by atoms with van der Waals surface area (Å²) in [6, 6.07) is 1.95. The van der Waals surface area contributed by atoms with Crippen molar-refractivity contribution in [1.82, 2.24) is 25.3 Å². The maximum atomic E-state index is 12.3. The molecular weight excluding hydrogens is 282 g/mol. The number of aryl methyl sites for hydroxylation is 1. The molecule has 3 rings (SSSR count). The van der Waals surface area contributed by atoms with Crippen LogP contribution in [-0.2, 0) is 24.6 Å². The number of ether oxygens (including phenoxy) is 1. The topological polar surface area (TPSA) is 84.8 Å². The van der Waals surface area contributed by atoms with Crippen LogP contribution >= 0.6 is 0 Å². The summed E-state index contributed by atoms with van der Waals surface area (Å²) in [5.41, 5.74) is 3.33. The second-order valence-corrected chi connectivity index (χ2v) is 5.74. The van der Waals surface area contributed by atoms with Crippen LogP contribution in [0.5, 0.6) is 0 Å². The largest absolute Gasteiger partial charge is 0.369 e. The van der Waals surface area contributed by atoms with Crippen LogP contribution in [0.25, 0.3) is 0 Å². The van der Waals surface area contributed by atoms with Gasteiger partial charge in [-0.15, -0.1) is 0 Å². The zero-order valence-electron chi connectivity index (χ0n) is 13.1. The lowest BCUT2D eigenvalue weighted by molar-refractivity contribution is -0.00697. The predicted octanol–water partition coefficient (Wildman–Crippen LogP) is 1.14. The monoisotopic (exact) mass is 303 g/mol. The summed E-state index contributed by atoms with van der Waals surface area (Å²) in [7, 11) is 1.88. The number of nitrogens with zero attached hydrogens (tertiary/aromatic N) is 3. The standard InChI is InChI=1S/C15H21N5O2/c1-9-8-12-13(10(2)22-9)17-18-14(12)15(21)16-6-4-11-5-7-20(3)19-11/h5,7,9-10H,4,6,8H2,1-3H3,(H,16,21)(H,17,18)/t9-,10+/m1/s1. The lowest BCUT2D eigenvalue weighted by atomic mass is 9.99. The second kappa shape index (κ2) is 5.92. The molecule has 22 heavy (non-hydrogen) atoms. The molecule has 1 aliphatic rings. The van der Waals surface area contributed by atoms with Gasteiger partial charge >= 0.3 is 0 Å². The zero-order chi connectivity index (χ0) is 15.7. The summed E-state index contributed by atoms with van der Waals surface area (Å²) >= 11 is 0. The van der Waals surface area contributed by atoms with Gasteiger partial charge in [0.25, 0.3) is 5.91 Å². The van der Waals surface area contributed by atoms with E-state index >= 15 is 0 Å². The van der Waals surface area contributed by atoms with Crippen molar-refractivity contribution in [3.8, 4) is 0 Å². The van der Waals surface area contributed by atoms with Gasteiger partial charge in [-0.2, -0.15) is 10.2 Å². The first-order valence-corrected chi connectivity index (χ1v) is 7.54. The number of aromatic nitrogens is 4. The predicted molar refractivity (Wildman–Crippen MR) is 80.5 cm³/mol. The summed E-state index contributed by atoms with van der Waals surface area (Å²) in [6.45, 7) is 4.52. The molecule has 118 valence electrons. The Labute approximate surface area is 129 Å². The lowest BCUT2D eigenvalue weighted by Crippen LogP contribution is -2.29. The smallest absolute Gasteiger partial charge is 0.272 e. The van der Waals surface area contributed by atoms with Crippen LogP contribution < -0.4 is 5.32 Å². The molecule has 2 N–H and O–H groups in total. The maximum Gasteiger partial charge on any atom is 0.272 e.